The molecule has 0 aliphatic rings. The first-order valence-corrected chi connectivity index (χ1v) is 16.0. The molecule has 2 aromatic rings. The maximum absolute atomic E-state index is 12.0. The molecule has 0 fully saturated rings. The van der Waals surface area contributed by atoms with Gasteiger partial charge in [0, 0.05) is 24.8 Å². The highest BCUT2D eigenvalue weighted by molar-refractivity contribution is 5.85. The van der Waals surface area contributed by atoms with Crippen molar-refractivity contribution < 1.29 is 29.3 Å². The summed E-state index contributed by atoms with van der Waals surface area (Å²) in [6, 6.07) is 8.18. The van der Waals surface area contributed by atoms with Gasteiger partial charge < -0.3 is 19.7 Å². The van der Waals surface area contributed by atoms with E-state index in [0.29, 0.717) is 12.8 Å². The maximum Gasteiger partial charge on any atom is 0.338 e. The Balaban J connectivity index is 1.35. The van der Waals surface area contributed by atoms with Gasteiger partial charge in [0.2, 0.25) is 0 Å². The molecule has 2 N–H and O–H groups in total. The van der Waals surface area contributed by atoms with Crippen LogP contribution in [0.4, 0.5) is 0 Å². The van der Waals surface area contributed by atoms with Gasteiger partial charge in [0.1, 0.15) is 0 Å². The van der Waals surface area contributed by atoms with Gasteiger partial charge in [0.05, 0.1) is 13.2 Å². The third-order valence-corrected chi connectivity index (χ3v) is 7.44. The van der Waals surface area contributed by atoms with E-state index in [9.17, 15) is 19.8 Å². The van der Waals surface area contributed by atoms with Crippen molar-refractivity contribution in [1.82, 2.24) is 9.97 Å². The van der Waals surface area contributed by atoms with Gasteiger partial charge in [-0.1, -0.05) is 89.2 Å². The van der Waals surface area contributed by atoms with E-state index in [0.717, 1.165) is 51.4 Å². The average Bonchev–Trinajstić information content (AvgIpc) is 3.02. The Morgan fingerprint density at radius 3 is 1.21 bits per heavy atom. The van der Waals surface area contributed by atoms with E-state index >= 15 is 0 Å². The number of hydrogen-bond donors (Lipinski definition) is 2. The number of ether oxygens (including phenoxy) is 2. The molecule has 2 aromatic heterocycles. The Morgan fingerprint density at radius 2 is 0.881 bits per heavy atom. The number of unbranched alkanes of at least 4 members (excludes halogenated alkanes) is 14. The molecule has 0 radical (unpaired) electrons. The lowest BCUT2D eigenvalue weighted by atomic mass is 10.1. The zero-order chi connectivity index (χ0) is 30.1. The number of rotatable bonds is 25. The second-order valence-electron chi connectivity index (χ2n) is 11.1. The van der Waals surface area contributed by atoms with Crippen LogP contribution in [0.15, 0.2) is 49.1 Å². The lowest BCUT2D eigenvalue weighted by Gasteiger charge is -2.16. The number of hydrogen-bond acceptors (Lipinski definition) is 8. The average molecular weight is 585 g/mol. The minimum absolute atomic E-state index is 0.160. The molecule has 0 amide bonds. The fraction of sp³-hybridized carbons (Fsp3) is 0.647. The molecule has 8 nitrogen and oxygen atoms in total. The largest absolute Gasteiger partial charge is 0.464 e. The maximum atomic E-state index is 12.0. The first-order valence-electron chi connectivity index (χ1n) is 16.0. The molecule has 234 valence electrons. The molecule has 0 aromatic carbocycles. The molecule has 0 spiro atoms. The number of aromatic nitrogens is 2. The van der Waals surface area contributed by atoms with Crippen molar-refractivity contribution in [3.8, 4) is 0 Å². The summed E-state index contributed by atoms with van der Waals surface area (Å²) in [5, 5.41) is 19.9. The van der Waals surface area contributed by atoms with Crippen LogP contribution in [0.5, 0.6) is 0 Å². The monoisotopic (exact) mass is 584 g/mol. The predicted octanol–water partition coefficient (Wildman–Crippen LogP) is 6.31. The van der Waals surface area contributed by atoms with Gasteiger partial charge in [-0.15, -0.1) is 0 Å². The number of carbonyl (C=O) groups is 2. The van der Waals surface area contributed by atoms with E-state index in [1.807, 2.05) is 24.5 Å². The zero-order valence-electron chi connectivity index (χ0n) is 25.3. The van der Waals surface area contributed by atoms with Crippen LogP contribution in [0.1, 0.15) is 114 Å². The van der Waals surface area contributed by atoms with E-state index in [2.05, 4.69) is 22.1 Å². The van der Waals surface area contributed by atoms with Gasteiger partial charge in [0.25, 0.3) is 0 Å². The van der Waals surface area contributed by atoms with Gasteiger partial charge in [-0.2, -0.15) is 0 Å². The van der Waals surface area contributed by atoms with Gasteiger partial charge >= 0.3 is 11.9 Å². The van der Waals surface area contributed by atoms with E-state index in [4.69, 9.17) is 9.47 Å². The topological polar surface area (TPSA) is 119 Å². The lowest BCUT2D eigenvalue weighted by Crippen LogP contribution is -2.41. The van der Waals surface area contributed by atoms with E-state index in [1.165, 1.54) is 62.5 Å². The Labute approximate surface area is 252 Å². The van der Waals surface area contributed by atoms with Crippen LogP contribution in [-0.2, 0) is 31.9 Å². The first kappa shape index (κ1) is 35.4. The van der Waals surface area contributed by atoms with Crippen LogP contribution >= 0.6 is 0 Å². The zero-order valence-corrected chi connectivity index (χ0v) is 25.3. The molecule has 2 atom stereocenters. The van der Waals surface area contributed by atoms with Crippen LogP contribution in [0.25, 0.3) is 0 Å². The number of pyridine rings is 2. The minimum atomic E-state index is -1.93. The number of esters is 2. The molecule has 0 unspecified atom stereocenters. The number of aliphatic hydroxyl groups is 2. The molecule has 0 aliphatic heterocycles. The summed E-state index contributed by atoms with van der Waals surface area (Å²) < 4.78 is 10.1. The molecule has 0 saturated heterocycles. The van der Waals surface area contributed by atoms with Crippen LogP contribution < -0.4 is 0 Å². The van der Waals surface area contributed by atoms with Crippen molar-refractivity contribution >= 4 is 11.9 Å². The smallest absolute Gasteiger partial charge is 0.338 e. The quantitative estimate of drug-likeness (QED) is 0.103. The Hall–Kier alpha value is -2.84. The number of aliphatic hydroxyl groups excluding tert-OH is 2. The Bertz CT molecular complexity index is 866. The summed E-state index contributed by atoms with van der Waals surface area (Å²) in [7, 11) is 0. The molecule has 0 aliphatic carbocycles. The normalized spacial score (nSPS) is 12.5. The number of carbonyl (C=O) groups excluding carboxylic acids is 2. The third kappa shape index (κ3) is 17.2. The summed E-state index contributed by atoms with van der Waals surface area (Å²) in [4.78, 5) is 32.3. The SMILES string of the molecule is O=C(OCCCCCCCCCCc1cccnc1)[C@H](O)[C@@H](O)C(=O)OCCCCCCCCCCc1cccnc1. The second kappa shape index (κ2) is 23.7. The van der Waals surface area contributed by atoms with Crippen molar-refractivity contribution in [2.75, 3.05) is 13.2 Å². The molecule has 0 bridgehead atoms. The van der Waals surface area contributed by atoms with Crippen molar-refractivity contribution in [2.45, 2.75) is 128 Å². The van der Waals surface area contributed by atoms with E-state index in [-0.39, 0.29) is 13.2 Å². The molecule has 42 heavy (non-hydrogen) atoms. The minimum Gasteiger partial charge on any atom is -0.464 e. The second-order valence-corrected chi connectivity index (χ2v) is 11.1. The highest BCUT2D eigenvalue weighted by Crippen LogP contribution is 2.13. The van der Waals surface area contributed by atoms with Crippen LogP contribution in [0.2, 0.25) is 0 Å². The predicted molar refractivity (Wildman–Crippen MR) is 164 cm³/mol. The molecular weight excluding hydrogens is 532 g/mol. The van der Waals surface area contributed by atoms with E-state index in [1.54, 1.807) is 12.4 Å². The molecule has 2 rings (SSSR count). The Morgan fingerprint density at radius 1 is 0.548 bits per heavy atom. The molecule has 2 heterocycles. The van der Waals surface area contributed by atoms with Gasteiger partial charge in [-0.05, 0) is 61.8 Å². The van der Waals surface area contributed by atoms with Crippen LogP contribution in [0, 0.1) is 0 Å². The summed E-state index contributed by atoms with van der Waals surface area (Å²) in [5.74, 6) is -1.98. The number of aryl methyl sites for hydroxylation is 2. The summed E-state index contributed by atoms with van der Waals surface area (Å²) >= 11 is 0. The standard InChI is InChI=1S/C34H52N2O6/c37-31(33(39)41-25-15-11-7-3-1-5-9-13-19-29-21-17-23-35-27-29)32(38)34(40)42-26-16-12-8-4-2-6-10-14-20-30-22-18-24-36-28-30/h17-18,21-24,27-28,31-32,37-38H,1-16,19-20,25-26H2/t31-,32-/m1/s1. The molecule has 8 heteroatoms. The van der Waals surface area contributed by atoms with Gasteiger partial charge in [0.15, 0.2) is 12.2 Å². The summed E-state index contributed by atoms with van der Waals surface area (Å²) in [6.07, 6.45) is 23.0. The van der Waals surface area contributed by atoms with Crippen molar-refractivity contribution in [3.05, 3.63) is 60.2 Å². The first-order chi connectivity index (χ1) is 20.6. The van der Waals surface area contributed by atoms with E-state index < -0.39 is 24.1 Å². The van der Waals surface area contributed by atoms with Gasteiger partial charge in [-0.3, -0.25) is 9.97 Å². The summed E-state index contributed by atoms with van der Waals surface area (Å²) in [5.41, 5.74) is 2.58. The van der Waals surface area contributed by atoms with Crippen molar-refractivity contribution in [1.29, 1.82) is 0 Å². The fourth-order valence-corrected chi connectivity index (χ4v) is 4.85. The Kier molecular flexibility index (Phi) is 19.9. The number of nitrogens with zero attached hydrogens (tertiary/aromatic N) is 2. The molecular formula is C34H52N2O6. The van der Waals surface area contributed by atoms with Crippen molar-refractivity contribution in [2.24, 2.45) is 0 Å². The van der Waals surface area contributed by atoms with Crippen molar-refractivity contribution in [3.63, 3.8) is 0 Å². The van der Waals surface area contributed by atoms with Crippen LogP contribution in [0.3, 0.4) is 0 Å². The third-order valence-electron chi connectivity index (χ3n) is 7.44. The van der Waals surface area contributed by atoms with Crippen LogP contribution in [-0.4, -0.2) is 57.5 Å². The fourth-order valence-electron chi connectivity index (χ4n) is 4.85. The summed E-state index contributed by atoms with van der Waals surface area (Å²) in [6.45, 7) is 0.320. The lowest BCUT2D eigenvalue weighted by molar-refractivity contribution is -0.173. The van der Waals surface area contributed by atoms with Gasteiger partial charge in [-0.25, -0.2) is 9.59 Å². The molecule has 0 saturated carbocycles. The highest BCUT2D eigenvalue weighted by atomic mass is 16.6. The highest BCUT2D eigenvalue weighted by Gasteiger charge is 2.32.